The number of aryl methyl sites for hydroxylation is 1. The van der Waals surface area contributed by atoms with Crippen LogP contribution in [0.1, 0.15) is 16.1 Å². The number of hydrogen-bond donors (Lipinski definition) is 3. The molecular formula is C24H21N5O. The molecule has 4 aromatic rings. The van der Waals surface area contributed by atoms with Crippen LogP contribution in [-0.2, 0) is 0 Å². The van der Waals surface area contributed by atoms with Gasteiger partial charge in [-0.15, -0.1) is 0 Å². The second kappa shape index (κ2) is 8.87. The van der Waals surface area contributed by atoms with E-state index >= 15 is 0 Å². The minimum absolute atomic E-state index is 0.175. The van der Waals surface area contributed by atoms with Crippen LogP contribution in [0.15, 0.2) is 91.4 Å². The summed E-state index contributed by atoms with van der Waals surface area (Å²) in [5.74, 6) is -0.175. The van der Waals surface area contributed by atoms with Crippen molar-refractivity contribution in [3.63, 3.8) is 0 Å². The Labute approximate surface area is 175 Å². The van der Waals surface area contributed by atoms with Gasteiger partial charge in [0, 0.05) is 58.3 Å². The lowest BCUT2D eigenvalue weighted by atomic mass is 10.1. The van der Waals surface area contributed by atoms with Crippen LogP contribution in [-0.4, -0.2) is 15.9 Å². The van der Waals surface area contributed by atoms with Gasteiger partial charge in [0.1, 0.15) is 0 Å². The molecule has 0 aliphatic heterocycles. The molecule has 0 atom stereocenters. The Bertz CT molecular complexity index is 1160. The minimum atomic E-state index is -0.175. The zero-order chi connectivity index (χ0) is 20.8. The maximum Gasteiger partial charge on any atom is 0.255 e. The average Bonchev–Trinajstić information content (AvgIpc) is 2.75. The van der Waals surface area contributed by atoms with Gasteiger partial charge in [0.25, 0.3) is 5.91 Å². The van der Waals surface area contributed by atoms with Crippen molar-refractivity contribution in [1.82, 2.24) is 9.97 Å². The third-order valence-electron chi connectivity index (χ3n) is 4.40. The van der Waals surface area contributed by atoms with Gasteiger partial charge < -0.3 is 16.0 Å². The Balaban J connectivity index is 1.46. The van der Waals surface area contributed by atoms with Gasteiger partial charge in [0.05, 0.1) is 0 Å². The average molecular weight is 395 g/mol. The molecule has 0 aliphatic rings. The topological polar surface area (TPSA) is 78.9 Å². The fourth-order valence-corrected chi connectivity index (χ4v) is 3.01. The summed E-state index contributed by atoms with van der Waals surface area (Å²) in [4.78, 5) is 21.0. The second-order valence-electron chi connectivity index (χ2n) is 6.79. The van der Waals surface area contributed by atoms with Gasteiger partial charge in [0.2, 0.25) is 0 Å². The van der Waals surface area contributed by atoms with Gasteiger partial charge in [-0.2, -0.15) is 0 Å². The highest BCUT2D eigenvalue weighted by molar-refractivity contribution is 6.05. The van der Waals surface area contributed by atoms with E-state index in [1.165, 1.54) is 0 Å². The van der Waals surface area contributed by atoms with Gasteiger partial charge in [-0.25, -0.2) is 0 Å². The molecule has 6 heteroatoms. The number of rotatable bonds is 6. The molecule has 30 heavy (non-hydrogen) atoms. The molecule has 0 saturated heterocycles. The Kier molecular flexibility index (Phi) is 5.66. The largest absolute Gasteiger partial charge is 0.355 e. The van der Waals surface area contributed by atoms with Crippen molar-refractivity contribution in [3.05, 3.63) is 103 Å². The molecule has 2 heterocycles. The summed E-state index contributed by atoms with van der Waals surface area (Å²) in [5.41, 5.74) is 5.77. The molecule has 0 unspecified atom stereocenters. The van der Waals surface area contributed by atoms with E-state index in [0.717, 1.165) is 28.4 Å². The normalized spacial score (nSPS) is 10.3. The third-order valence-corrected chi connectivity index (χ3v) is 4.40. The second-order valence-corrected chi connectivity index (χ2v) is 6.79. The first-order valence-corrected chi connectivity index (χ1v) is 9.54. The number of carbonyl (C=O) groups excluding carboxylic acids is 1. The van der Waals surface area contributed by atoms with Gasteiger partial charge in [-0.3, -0.25) is 14.8 Å². The van der Waals surface area contributed by atoms with E-state index in [-0.39, 0.29) is 5.91 Å². The molecule has 148 valence electrons. The number of pyridine rings is 2. The summed E-state index contributed by atoms with van der Waals surface area (Å²) in [6, 6.07) is 22.6. The first-order valence-electron chi connectivity index (χ1n) is 9.54. The van der Waals surface area contributed by atoms with Crippen LogP contribution in [0.25, 0.3) is 0 Å². The van der Waals surface area contributed by atoms with Crippen molar-refractivity contribution in [2.24, 2.45) is 0 Å². The van der Waals surface area contributed by atoms with Crippen LogP contribution in [0.2, 0.25) is 0 Å². The molecule has 0 spiro atoms. The van der Waals surface area contributed by atoms with E-state index < -0.39 is 0 Å². The van der Waals surface area contributed by atoms with E-state index in [0.29, 0.717) is 11.3 Å². The molecule has 0 fully saturated rings. The lowest BCUT2D eigenvalue weighted by Gasteiger charge is -2.11. The summed E-state index contributed by atoms with van der Waals surface area (Å²) in [5, 5.41) is 9.55. The zero-order valence-electron chi connectivity index (χ0n) is 16.5. The van der Waals surface area contributed by atoms with Crippen LogP contribution >= 0.6 is 0 Å². The van der Waals surface area contributed by atoms with E-state index in [1.54, 1.807) is 24.7 Å². The summed E-state index contributed by atoms with van der Waals surface area (Å²) in [7, 11) is 0. The third kappa shape index (κ3) is 4.99. The number of anilines is 5. The SMILES string of the molecule is Cc1cc(Nc2cccc(C(=O)Nc3cccc(Nc4ccncc4)c3)c2)ccn1. The molecule has 0 aliphatic carbocycles. The smallest absolute Gasteiger partial charge is 0.255 e. The van der Waals surface area contributed by atoms with Crippen LogP contribution in [0.4, 0.5) is 28.4 Å². The number of hydrogen-bond acceptors (Lipinski definition) is 5. The van der Waals surface area contributed by atoms with E-state index in [4.69, 9.17) is 0 Å². The first-order chi connectivity index (χ1) is 14.7. The lowest BCUT2D eigenvalue weighted by Crippen LogP contribution is -2.12. The minimum Gasteiger partial charge on any atom is -0.355 e. The zero-order valence-corrected chi connectivity index (χ0v) is 16.5. The van der Waals surface area contributed by atoms with Crippen molar-refractivity contribution in [1.29, 1.82) is 0 Å². The van der Waals surface area contributed by atoms with Gasteiger partial charge in [-0.1, -0.05) is 12.1 Å². The van der Waals surface area contributed by atoms with Gasteiger partial charge in [0.15, 0.2) is 0 Å². The number of nitrogens with zero attached hydrogens (tertiary/aromatic N) is 2. The van der Waals surface area contributed by atoms with Crippen molar-refractivity contribution in [2.75, 3.05) is 16.0 Å². The van der Waals surface area contributed by atoms with Crippen molar-refractivity contribution >= 4 is 34.3 Å². The number of aromatic nitrogens is 2. The molecule has 0 bridgehead atoms. The van der Waals surface area contributed by atoms with Gasteiger partial charge >= 0.3 is 0 Å². The highest BCUT2D eigenvalue weighted by atomic mass is 16.1. The van der Waals surface area contributed by atoms with E-state index in [2.05, 4.69) is 25.9 Å². The molecule has 2 aromatic carbocycles. The molecule has 3 N–H and O–H groups in total. The first kappa shape index (κ1) is 19.1. The summed E-state index contributed by atoms with van der Waals surface area (Å²) < 4.78 is 0. The molecule has 4 rings (SSSR count). The van der Waals surface area contributed by atoms with Crippen molar-refractivity contribution in [2.45, 2.75) is 6.92 Å². The highest BCUT2D eigenvalue weighted by Crippen LogP contribution is 2.22. The molecule has 1 amide bonds. The van der Waals surface area contributed by atoms with Crippen LogP contribution in [0.3, 0.4) is 0 Å². The Hall–Kier alpha value is -4.19. The van der Waals surface area contributed by atoms with Crippen molar-refractivity contribution < 1.29 is 4.79 Å². The molecule has 6 nitrogen and oxygen atoms in total. The molecule has 0 radical (unpaired) electrons. The molecule has 2 aromatic heterocycles. The fraction of sp³-hybridized carbons (Fsp3) is 0.0417. The maximum atomic E-state index is 12.8. The predicted molar refractivity (Wildman–Crippen MR) is 121 cm³/mol. The molecule has 0 saturated carbocycles. The van der Waals surface area contributed by atoms with Crippen LogP contribution in [0, 0.1) is 6.92 Å². The Morgan fingerprint density at radius 1 is 0.700 bits per heavy atom. The Morgan fingerprint density at radius 2 is 1.33 bits per heavy atom. The molecular weight excluding hydrogens is 374 g/mol. The quantitative estimate of drug-likeness (QED) is 0.400. The van der Waals surface area contributed by atoms with Gasteiger partial charge in [-0.05, 0) is 67.6 Å². The van der Waals surface area contributed by atoms with E-state index in [1.807, 2.05) is 73.7 Å². The van der Waals surface area contributed by atoms with Crippen molar-refractivity contribution in [3.8, 4) is 0 Å². The maximum absolute atomic E-state index is 12.8. The van der Waals surface area contributed by atoms with Crippen LogP contribution in [0.5, 0.6) is 0 Å². The predicted octanol–water partition coefficient (Wildman–Crippen LogP) is 5.52. The number of carbonyl (C=O) groups is 1. The number of amides is 1. The fourth-order valence-electron chi connectivity index (χ4n) is 3.01. The number of benzene rings is 2. The monoisotopic (exact) mass is 395 g/mol. The Morgan fingerprint density at radius 3 is 2.13 bits per heavy atom. The summed E-state index contributed by atoms with van der Waals surface area (Å²) >= 11 is 0. The highest BCUT2D eigenvalue weighted by Gasteiger charge is 2.08. The summed E-state index contributed by atoms with van der Waals surface area (Å²) in [6.45, 7) is 1.94. The summed E-state index contributed by atoms with van der Waals surface area (Å²) in [6.07, 6.45) is 5.20. The van der Waals surface area contributed by atoms with E-state index in [9.17, 15) is 4.79 Å². The lowest BCUT2D eigenvalue weighted by molar-refractivity contribution is 0.102. The standard InChI is InChI=1S/C24H21N5O/c1-17-14-23(10-13-26-17)28-20-5-2-4-18(15-20)24(30)29-22-7-3-6-21(16-22)27-19-8-11-25-12-9-19/h2-16H,1H3,(H,25,27)(H,26,28)(H,29,30). The van der Waals surface area contributed by atoms with Crippen LogP contribution < -0.4 is 16.0 Å². The number of nitrogens with one attached hydrogen (secondary N) is 3.